The number of hydrogen-bond acceptors (Lipinski definition) is 1. The molecule has 0 aliphatic rings. The first-order valence-electron chi connectivity index (χ1n) is 5.66. The van der Waals surface area contributed by atoms with Crippen molar-refractivity contribution in [1.29, 1.82) is 0 Å². The maximum Gasteiger partial charge on any atom is 0.153 e. The molecule has 0 spiro atoms. The second kappa shape index (κ2) is 4.12. The number of aromatic nitrogens is 2. The van der Waals surface area contributed by atoms with Crippen LogP contribution in [0.4, 0.5) is 13.2 Å². The molecule has 2 nitrogen and oxygen atoms in total. The third kappa shape index (κ3) is 1.97. The Bertz CT molecular complexity index is 778. The van der Waals surface area contributed by atoms with Crippen molar-refractivity contribution >= 4 is 11.0 Å². The van der Waals surface area contributed by atoms with E-state index in [1.165, 1.54) is 12.1 Å². The molecule has 2 aromatic carbocycles. The Hall–Kier alpha value is -2.30. The van der Waals surface area contributed by atoms with Gasteiger partial charge in [0, 0.05) is 11.6 Å². The second-order valence-corrected chi connectivity index (χ2v) is 4.33. The van der Waals surface area contributed by atoms with Crippen LogP contribution in [0, 0.1) is 24.4 Å². The predicted molar refractivity (Wildman–Crippen MR) is 66.1 cm³/mol. The first-order chi connectivity index (χ1) is 9.04. The van der Waals surface area contributed by atoms with E-state index in [1.54, 1.807) is 13.0 Å². The van der Waals surface area contributed by atoms with Crippen molar-refractivity contribution in [3.05, 3.63) is 53.3 Å². The number of nitrogens with zero attached hydrogens (tertiary/aromatic N) is 1. The zero-order valence-corrected chi connectivity index (χ0v) is 9.97. The molecule has 0 aliphatic carbocycles. The summed E-state index contributed by atoms with van der Waals surface area (Å²) < 4.78 is 39.9. The van der Waals surface area contributed by atoms with Crippen LogP contribution in [0.3, 0.4) is 0 Å². The molecule has 0 aliphatic heterocycles. The summed E-state index contributed by atoms with van der Waals surface area (Å²) in [6.45, 7) is 1.79. The normalized spacial score (nSPS) is 11.2. The molecular weight excluding hydrogens is 253 g/mol. The Balaban J connectivity index is 2.26. The van der Waals surface area contributed by atoms with Crippen LogP contribution in [0.5, 0.6) is 0 Å². The molecule has 1 N–H and O–H groups in total. The third-order valence-electron chi connectivity index (χ3n) is 2.96. The molecule has 3 aromatic rings. The molecule has 0 fully saturated rings. The highest BCUT2D eigenvalue weighted by atomic mass is 19.1. The first kappa shape index (κ1) is 11.8. The van der Waals surface area contributed by atoms with E-state index in [1.807, 2.05) is 0 Å². The van der Waals surface area contributed by atoms with Gasteiger partial charge in [0.1, 0.15) is 23.0 Å². The van der Waals surface area contributed by atoms with E-state index < -0.39 is 17.5 Å². The van der Waals surface area contributed by atoms with Crippen LogP contribution in [-0.2, 0) is 0 Å². The van der Waals surface area contributed by atoms with Gasteiger partial charge in [0.15, 0.2) is 5.82 Å². The van der Waals surface area contributed by atoms with Crippen molar-refractivity contribution in [2.75, 3.05) is 0 Å². The van der Waals surface area contributed by atoms with Crippen LogP contribution in [0.25, 0.3) is 22.4 Å². The maximum absolute atomic E-state index is 13.6. The number of benzene rings is 2. The van der Waals surface area contributed by atoms with Gasteiger partial charge in [-0.25, -0.2) is 18.2 Å². The fourth-order valence-electron chi connectivity index (χ4n) is 2.02. The molecule has 0 amide bonds. The highest BCUT2D eigenvalue weighted by Crippen LogP contribution is 2.26. The summed E-state index contributed by atoms with van der Waals surface area (Å²) in [6, 6.07) is 6.17. The summed E-state index contributed by atoms with van der Waals surface area (Å²) in [5.74, 6) is -1.52. The lowest BCUT2D eigenvalue weighted by Crippen LogP contribution is -1.87. The van der Waals surface area contributed by atoms with Crippen LogP contribution in [0.2, 0.25) is 0 Å². The number of halogens is 3. The Labute approximate surface area is 106 Å². The van der Waals surface area contributed by atoms with E-state index in [2.05, 4.69) is 9.97 Å². The monoisotopic (exact) mass is 262 g/mol. The van der Waals surface area contributed by atoms with Crippen LogP contribution in [0.15, 0.2) is 30.3 Å². The van der Waals surface area contributed by atoms with Gasteiger partial charge < -0.3 is 4.98 Å². The number of H-pyrrole nitrogens is 1. The van der Waals surface area contributed by atoms with Crippen LogP contribution in [-0.4, -0.2) is 9.97 Å². The number of fused-ring (bicyclic) bond motifs is 1. The average molecular weight is 262 g/mol. The van der Waals surface area contributed by atoms with Crippen molar-refractivity contribution < 1.29 is 13.2 Å². The van der Waals surface area contributed by atoms with E-state index in [0.717, 1.165) is 17.7 Å². The molecule has 0 unspecified atom stereocenters. The summed E-state index contributed by atoms with van der Waals surface area (Å²) in [7, 11) is 0. The van der Waals surface area contributed by atoms with Crippen LogP contribution in [0.1, 0.15) is 5.56 Å². The summed E-state index contributed by atoms with van der Waals surface area (Å²) in [5.41, 5.74) is 1.61. The molecule has 96 valence electrons. The summed E-state index contributed by atoms with van der Waals surface area (Å²) in [5, 5.41) is 0. The molecule has 0 radical (unpaired) electrons. The largest absolute Gasteiger partial charge is 0.338 e. The molecule has 1 aromatic heterocycles. The number of aromatic amines is 1. The molecule has 19 heavy (non-hydrogen) atoms. The number of nitrogens with one attached hydrogen (secondary N) is 1. The minimum absolute atomic E-state index is 0.0417. The van der Waals surface area contributed by atoms with E-state index >= 15 is 0 Å². The second-order valence-electron chi connectivity index (χ2n) is 4.33. The topological polar surface area (TPSA) is 28.7 Å². The molecule has 3 rings (SSSR count). The van der Waals surface area contributed by atoms with Crippen LogP contribution >= 0.6 is 0 Å². The minimum Gasteiger partial charge on any atom is -0.338 e. The Kier molecular flexibility index (Phi) is 2.55. The quantitative estimate of drug-likeness (QED) is 0.706. The fraction of sp³-hybridized carbons (Fsp3) is 0.0714. The molecule has 1 heterocycles. The molecule has 0 atom stereocenters. The fourth-order valence-corrected chi connectivity index (χ4v) is 2.02. The zero-order chi connectivity index (χ0) is 13.6. The number of rotatable bonds is 1. The molecular formula is C14H9F3N2. The minimum atomic E-state index is -0.744. The van der Waals surface area contributed by atoms with Gasteiger partial charge in [-0.05, 0) is 30.7 Å². The predicted octanol–water partition coefficient (Wildman–Crippen LogP) is 3.96. The SMILES string of the molecule is Cc1ccc(F)cc1-c1nc2c(F)cc(F)cc2[nH]1. The van der Waals surface area contributed by atoms with Gasteiger partial charge in [0.05, 0.1) is 5.52 Å². The summed E-state index contributed by atoms with van der Waals surface area (Å²) in [6.07, 6.45) is 0. The van der Waals surface area contributed by atoms with E-state index in [-0.39, 0.29) is 11.0 Å². The van der Waals surface area contributed by atoms with Gasteiger partial charge in [-0.15, -0.1) is 0 Å². The Morgan fingerprint density at radius 3 is 2.58 bits per heavy atom. The lowest BCUT2D eigenvalue weighted by Gasteiger charge is -2.01. The number of hydrogen-bond donors (Lipinski definition) is 1. The lowest BCUT2D eigenvalue weighted by atomic mass is 10.1. The highest BCUT2D eigenvalue weighted by Gasteiger charge is 2.12. The third-order valence-corrected chi connectivity index (χ3v) is 2.96. The van der Waals surface area contributed by atoms with Gasteiger partial charge in [-0.3, -0.25) is 0 Å². The smallest absolute Gasteiger partial charge is 0.153 e. The number of imidazole rings is 1. The molecule has 0 bridgehead atoms. The van der Waals surface area contributed by atoms with Gasteiger partial charge in [-0.2, -0.15) is 0 Å². The lowest BCUT2D eigenvalue weighted by molar-refractivity contribution is 0.591. The van der Waals surface area contributed by atoms with Crippen molar-refractivity contribution in [2.24, 2.45) is 0 Å². The summed E-state index contributed by atoms with van der Waals surface area (Å²) >= 11 is 0. The summed E-state index contributed by atoms with van der Waals surface area (Å²) in [4.78, 5) is 6.87. The van der Waals surface area contributed by atoms with Crippen molar-refractivity contribution in [2.45, 2.75) is 6.92 Å². The van der Waals surface area contributed by atoms with Gasteiger partial charge in [-0.1, -0.05) is 6.07 Å². The Morgan fingerprint density at radius 1 is 1.00 bits per heavy atom. The highest BCUT2D eigenvalue weighted by molar-refractivity contribution is 5.80. The van der Waals surface area contributed by atoms with Crippen molar-refractivity contribution in [3.8, 4) is 11.4 Å². The zero-order valence-electron chi connectivity index (χ0n) is 9.97. The van der Waals surface area contributed by atoms with Gasteiger partial charge >= 0.3 is 0 Å². The van der Waals surface area contributed by atoms with Crippen LogP contribution < -0.4 is 0 Å². The van der Waals surface area contributed by atoms with E-state index in [4.69, 9.17) is 0 Å². The molecule has 0 saturated carbocycles. The Morgan fingerprint density at radius 2 is 1.79 bits per heavy atom. The molecule has 5 heteroatoms. The molecule has 0 saturated heterocycles. The van der Waals surface area contributed by atoms with E-state index in [9.17, 15) is 13.2 Å². The van der Waals surface area contributed by atoms with Gasteiger partial charge in [0.25, 0.3) is 0 Å². The van der Waals surface area contributed by atoms with Gasteiger partial charge in [0.2, 0.25) is 0 Å². The maximum atomic E-state index is 13.6. The standard InChI is InChI=1S/C14H9F3N2/c1-7-2-3-8(15)4-10(7)14-18-12-6-9(16)5-11(17)13(12)19-14/h2-6H,1H3,(H,18,19). The average Bonchev–Trinajstić information content (AvgIpc) is 2.76. The van der Waals surface area contributed by atoms with E-state index in [0.29, 0.717) is 11.4 Å². The first-order valence-corrected chi connectivity index (χ1v) is 5.66. The number of aryl methyl sites for hydroxylation is 1. The van der Waals surface area contributed by atoms with Crippen molar-refractivity contribution in [1.82, 2.24) is 9.97 Å². The van der Waals surface area contributed by atoms with Crippen molar-refractivity contribution in [3.63, 3.8) is 0 Å².